The number of hydrogen-bond acceptors (Lipinski definition) is 5. The molecule has 1 fully saturated rings. The number of amides is 1. The zero-order valence-electron chi connectivity index (χ0n) is 16.5. The molecule has 3 N–H and O–H groups in total. The van der Waals surface area contributed by atoms with Crippen LogP contribution in [0.5, 0.6) is 0 Å². The van der Waals surface area contributed by atoms with Crippen molar-refractivity contribution >= 4 is 17.7 Å². The van der Waals surface area contributed by atoms with Crippen LogP contribution in [0, 0.1) is 5.41 Å². The molecule has 8 nitrogen and oxygen atoms in total. The Hall–Kier alpha value is -2.48. The number of rotatable bonds is 6. The average molecular weight is 389 g/mol. The number of nitrogens with zero attached hydrogens (tertiary/aromatic N) is 1. The van der Waals surface area contributed by atoms with E-state index in [2.05, 4.69) is 10.3 Å². The van der Waals surface area contributed by atoms with Gasteiger partial charge in [0.2, 0.25) is 0 Å². The molecule has 0 spiro atoms. The monoisotopic (exact) mass is 389 g/mol. The lowest BCUT2D eigenvalue weighted by atomic mass is 9.75. The van der Waals surface area contributed by atoms with Gasteiger partial charge < -0.3 is 15.4 Å². The van der Waals surface area contributed by atoms with Gasteiger partial charge in [-0.3, -0.25) is 24.1 Å². The summed E-state index contributed by atoms with van der Waals surface area (Å²) in [6.45, 7) is 6.46. The maximum absolute atomic E-state index is 12.6. The summed E-state index contributed by atoms with van der Waals surface area (Å²) in [5.41, 5.74) is 0.276. The van der Waals surface area contributed by atoms with Gasteiger partial charge in [0, 0.05) is 29.8 Å². The maximum atomic E-state index is 12.6. The van der Waals surface area contributed by atoms with Crippen molar-refractivity contribution in [2.45, 2.75) is 58.5 Å². The first-order valence-electron chi connectivity index (χ1n) is 9.65. The summed E-state index contributed by atoms with van der Waals surface area (Å²) in [7, 11) is 0. The standard InChI is InChI=1S/C20H27N3O5/c1-4-23(10-17(25)26)12-5-11(6-12)21-18(27)14-7-13-15(22-19(14)28)8-20(2,3)9-16(13)24/h7,11-12H,4-6,8-10H2,1-3H3,(H,21,27)(H,22,28)(H,25,26). The second-order valence-electron chi connectivity index (χ2n) is 8.60. The van der Waals surface area contributed by atoms with Gasteiger partial charge in [0.25, 0.3) is 11.5 Å². The number of ketones is 1. The van der Waals surface area contributed by atoms with Crippen LogP contribution in [0.4, 0.5) is 0 Å². The summed E-state index contributed by atoms with van der Waals surface area (Å²) in [5, 5.41) is 11.8. The summed E-state index contributed by atoms with van der Waals surface area (Å²) in [6.07, 6.45) is 2.26. The van der Waals surface area contributed by atoms with Crippen LogP contribution in [0.2, 0.25) is 0 Å². The molecule has 1 heterocycles. The number of aromatic amines is 1. The van der Waals surface area contributed by atoms with Crippen LogP contribution < -0.4 is 10.9 Å². The Morgan fingerprint density at radius 1 is 1.29 bits per heavy atom. The first kappa shape index (κ1) is 20.3. The molecule has 0 bridgehead atoms. The van der Waals surface area contributed by atoms with Crippen LogP contribution >= 0.6 is 0 Å². The number of carboxylic acid groups (broad SMARTS) is 1. The molecular formula is C20H27N3O5. The van der Waals surface area contributed by atoms with E-state index in [4.69, 9.17) is 5.11 Å². The van der Waals surface area contributed by atoms with E-state index in [-0.39, 0.29) is 35.4 Å². The molecule has 0 saturated heterocycles. The third-order valence-corrected chi connectivity index (χ3v) is 5.67. The SMILES string of the molecule is CCN(CC(=O)O)C1CC(NC(=O)c2cc3c([nH]c2=O)CC(C)(C)CC3=O)C1. The molecule has 1 aromatic heterocycles. The normalized spacial score (nSPS) is 23.1. The minimum atomic E-state index is -0.872. The fourth-order valence-corrected chi connectivity index (χ4v) is 4.14. The smallest absolute Gasteiger partial charge is 0.317 e. The molecule has 28 heavy (non-hydrogen) atoms. The Balaban J connectivity index is 1.67. The van der Waals surface area contributed by atoms with Crippen molar-refractivity contribution in [2.24, 2.45) is 5.41 Å². The summed E-state index contributed by atoms with van der Waals surface area (Å²) in [4.78, 5) is 52.8. The lowest BCUT2D eigenvalue weighted by Crippen LogP contribution is -2.55. The van der Waals surface area contributed by atoms with E-state index >= 15 is 0 Å². The van der Waals surface area contributed by atoms with Crippen molar-refractivity contribution in [3.05, 3.63) is 33.2 Å². The number of fused-ring (bicyclic) bond motifs is 1. The van der Waals surface area contributed by atoms with Crippen LogP contribution in [0.15, 0.2) is 10.9 Å². The van der Waals surface area contributed by atoms with Crippen molar-refractivity contribution in [3.8, 4) is 0 Å². The third-order valence-electron chi connectivity index (χ3n) is 5.67. The molecule has 3 rings (SSSR count). The second kappa shape index (κ2) is 7.50. The fraction of sp³-hybridized carbons (Fsp3) is 0.600. The number of nitrogens with one attached hydrogen (secondary N) is 2. The highest BCUT2D eigenvalue weighted by atomic mass is 16.4. The Bertz CT molecular complexity index is 867. The Morgan fingerprint density at radius 3 is 2.57 bits per heavy atom. The molecule has 152 valence electrons. The van der Waals surface area contributed by atoms with Crippen LogP contribution in [0.1, 0.15) is 66.4 Å². The van der Waals surface area contributed by atoms with Gasteiger partial charge in [-0.1, -0.05) is 20.8 Å². The largest absolute Gasteiger partial charge is 0.480 e. The van der Waals surface area contributed by atoms with Gasteiger partial charge in [-0.05, 0) is 37.3 Å². The molecule has 2 aliphatic rings. The maximum Gasteiger partial charge on any atom is 0.317 e. The van der Waals surface area contributed by atoms with Gasteiger partial charge in [0.05, 0.1) is 6.54 Å². The van der Waals surface area contributed by atoms with E-state index < -0.39 is 17.4 Å². The van der Waals surface area contributed by atoms with E-state index in [0.29, 0.717) is 43.5 Å². The van der Waals surface area contributed by atoms with E-state index in [1.807, 2.05) is 25.7 Å². The first-order valence-corrected chi connectivity index (χ1v) is 9.65. The predicted molar refractivity (Wildman–Crippen MR) is 103 cm³/mol. The predicted octanol–water partition coefficient (Wildman–Crippen LogP) is 1.20. The molecule has 1 aromatic rings. The molecule has 1 saturated carbocycles. The highest BCUT2D eigenvalue weighted by molar-refractivity contribution is 6.02. The van der Waals surface area contributed by atoms with Crippen molar-refractivity contribution < 1.29 is 19.5 Å². The molecule has 1 amide bonds. The van der Waals surface area contributed by atoms with E-state index in [9.17, 15) is 19.2 Å². The Kier molecular flexibility index (Phi) is 5.43. The van der Waals surface area contributed by atoms with Gasteiger partial charge in [-0.2, -0.15) is 0 Å². The lowest BCUT2D eigenvalue weighted by molar-refractivity contribution is -0.139. The molecular weight excluding hydrogens is 362 g/mol. The molecule has 0 aliphatic heterocycles. The quantitative estimate of drug-likeness (QED) is 0.672. The Morgan fingerprint density at radius 2 is 1.96 bits per heavy atom. The topological polar surface area (TPSA) is 120 Å². The zero-order valence-corrected chi connectivity index (χ0v) is 16.5. The summed E-state index contributed by atoms with van der Waals surface area (Å²) in [6, 6.07) is 1.42. The molecule has 0 aromatic carbocycles. The zero-order chi connectivity index (χ0) is 20.6. The van der Waals surface area contributed by atoms with Crippen LogP contribution in [0.3, 0.4) is 0 Å². The fourth-order valence-electron chi connectivity index (χ4n) is 4.14. The van der Waals surface area contributed by atoms with Gasteiger partial charge >= 0.3 is 5.97 Å². The number of aromatic nitrogens is 1. The summed E-state index contributed by atoms with van der Waals surface area (Å²) < 4.78 is 0. The lowest BCUT2D eigenvalue weighted by Gasteiger charge is -2.42. The number of carbonyl (C=O) groups excluding carboxylic acids is 2. The molecule has 8 heteroatoms. The number of likely N-dealkylation sites (N-methyl/N-ethyl adjacent to an activating group) is 1. The van der Waals surface area contributed by atoms with Crippen LogP contribution in [-0.4, -0.2) is 57.8 Å². The van der Waals surface area contributed by atoms with Gasteiger partial charge in [0.1, 0.15) is 5.56 Å². The van der Waals surface area contributed by atoms with Gasteiger partial charge in [-0.15, -0.1) is 0 Å². The van der Waals surface area contributed by atoms with Crippen molar-refractivity contribution in [2.75, 3.05) is 13.1 Å². The number of pyridine rings is 1. The second-order valence-corrected chi connectivity index (χ2v) is 8.60. The Labute approximate surface area is 163 Å². The minimum Gasteiger partial charge on any atom is -0.480 e. The number of hydrogen-bond donors (Lipinski definition) is 3. The number of Topliss-reactive ketones (excluding diaryl/α,β-unsaturated/α-hetero) is 1. The van der Waals surface area contributed by atoms with Gasteiger partial charge in [0.15, 0.2) is 5.78 Å². The minimum absolute atomic E-state index is 0.0230. The molecule has 2 aliphatic carbocycles. The van der Waals surface area contributed by atoms with Crippen LogP contribution in [-0.2, 0) is 11.2 Å². The van der Waals surface area contributed by atoms with E-state index in [1.165, 1.54) is 6.07 Å². The number of H-pyrrole nitrogens is 1. The van der Waals surface area contributed by atoms with E-state index in [1.54, 1.807) is 0 Å². The van der Waals surface area contributed by atoms with Crippen LogP contribution in [0.25, 0.3) is 0 Å². The highest BCUT2D eigenvalue weighted by Gasteiger charge is 2.36. The van der Waals surface area contributed by atoms with Crippen molar-refractivity contribution in [1.29, 1.82) is 0 Å². The molecule has 0 unspecified atom stereocenters. The summed E-state index contributed by atoms with van der Waals surface area (Å²) >= 11 is 0. The number of carboxylic acids is 1. The number of carbonyl (C=O) groups is 3. The first-order chi connectivity index (χ1) is 13.1. The summed E-state index contributed by atoms with van der Waals surface area (Å²) in [5.74, 6) is -1.43. The third kappa shape index (κ3) is 4.16. The van der Waals surface area contributed by atoms with Gasteiger partial charge in [-0.25, -0.2) is 0 Å². The molecule has 0 radical (unpaired) electrons. The van der Waals surface area contributed by atoms with Crippen molar-refractivity contribution in [1.82, 2.24) is 15.2 Å². The van der Waals surface area contributed by atoms with Crippen molar-refractivity contribution in [3.63, 3.8) is 0 Å². The average Bonchev–Trinajstić information content (AvgIpc) is 2.53. The van der Waals surface area contributed by atoms with E-state index in [0.717, 1.165) is 0 Å². The highest BCUT2D eigenvalue weighted by Crippen LogP contribution is 2.33. The molecule has 0 atom stereocenters. The number of aliphatic carboxylic acids is 1.